The maximum absolute atomic E-state index is 12.7. The SMILES string of the molecule is OC(CNCC1=CCCOC1)COc1ccc(F)cc1. The number of nitrogens with one attached hydrogen (secondary N) is 1. The van der Waals surface area contributed by atoms with Crippen molar-refractivity contribution in [2.75, 3.05) is 32.9 Å². The average Bonchev–Trinajstić information content (AvgIpc) is 2.48. The van der Waals surface area contributed by atoms with Crippen LogP contribution in [0, 0.1) is 5.82 Å². The minimum Gasteiger partial charge on any atom is -0.491 e. The van der Waals surface area contributed by atoms with Gasteiger partial charge < -0.3 is 19.9 Å². The Hall–Kier alpha value is -1.43. The fraction of sp³-hybridized carbons (Fsp3) is 0.467. The van der Waals surface area contributed by atoms with Gasteiger partial charge in [-0.05, 0) is 36.3 Å². The van der Waals surface area contributed by atoms with E-state index in [0.717, 1.165) is 13.0 Å². The molecule has 1 atom stereocenters. The van der Waals surface area contributed by atoms with Crippen LogP contribution in [0.25, 0.3) is 0 Å². The molecule has 0 radical (unpaired) electrons. The predicted molar refractivity (Wildman–Crippen MR) is 74.3 cm³/mol. The minimum atomic E-state index is -0.606. The van der Waals surface area contributed by atoms with Gasteiger partial charge in [0.2, 0.25) is 0 Å². The average molecular weight is 281 g/mol. The van der Waals surface area contributed by atoms with Crippen LogP contribution >= 0.6 is 0 Å². The molecule has 1 aliphatic rings. The predicted octanol–water partition coefficient (Wildman–Crippen LogP) is 1.50. The first kappa shape index (κ1) is 15.0. The number of ether oxygens (including phenoxy) is 2. The van der Waals surface area contributed by atoms with Gasteiger partial charge in [0.05, 0.1) is 13.2 Å². The lowest BCUT2D eigenvalue weighted by atomic mass is 10.2. The monoisotopic (exact) mass is 281 g/mol. The molecule has 0 amide bonds. The van der Waals surface area contributed by atoms with Gasteiger partial charge in [-0.15, -0.1) is 0 Å². The largest absolute Gasteiger partial charge is 0.491 e. The highest BCUT2D eigenvalue weighted by molar-refractivity contribution is 5.22. The third-order valence-electron chi connectivity index (χ3n) is 2.97. The number of aliphatic hydroxyl groups is 1. The molecule has 110 valence electrons. The molecule has 0 aromatic heterocycles. The summed E-state index contributed by atoms with van der Waals surface area (Å²) in [6.45, 7) is 2.78. The van der Waals surface area contributed by atoms with E-state index in [1.807, 2.05) is 0 Å². The van der Waals surface area contributed by atoms with Crippen molar-refractivity contribution < 1.29 is 19.0 Å². The Morgan fingerprint density at radius 3 is 2.85 bits per heavy atom. The Morgan fingerprint density at radius 2 is 2.15 bits per heavy atom. The lowest BCUT2D eigenvalue weighted by Crippen LogP contribution is -2.33. The van der Waals surface area contributed by atoms with Crippen LogP contribution in [0.5, 0.6) is 5.75 Å². The molecule has 1 heterocycles. The molecule has 1 aromatic rings. The van der Waals surface area contributed by atoms with Gasteiger partial charge in [0, 0.05) is 13.1 Å². The molecule has 2 N–H and O–H groups in total. The molecule has 0 aliphatic carbocycles. The van der Waals surface area contributed by atoms with E-state index >= 15 is 0 Å². The Bertz CT molecular complexity index is 433. The van der Waals surface area contributed by atoms with E-state index in [1.54, 1.807) is 12.1 Å². The van der Waals surface area contributed by atoms with Crippen molar-refractivity contribution in [3.05, 3.63) is 41.7 Å². The number of hydrogen-bond donors (Lipinski definition) is 2. The van der Waals surface area contributed by atoms with Crippen molar-refractivity contribution in [1.29, 1.82) is 0 Å². The van der Waals surface area contributed by atoms with Crippen molar-refractivity contribution in [1.82, 2.24) is 5.32 Å². The third-order valence-corrected chi connectivity index (χ3v) is 2.97. The maximum Gasteiger partial charge on any atom is 0.123 e. The van der Waals surface area contributed by atoms with Gasteiger partial charge >= 0.3 is 0 Å². The first-order valence-corrected chi connectivity index (χ1v) is 6.77. The number of halogens is 1. The summed E-state index contributed by atoms with van der Waals surface area (Å²) in [5.74, 6) is 0.247. The van der Waals surface area contributed by atoms with E-state index in [9.17, 15) is 9.50 Å². The molecule has 4 nitrogen and oxygen atoms in total. The van der Waals surface area contributed by atoms with Crippen LogP contribution in [0.1, 0.15) is 6.42 Å². The van der Waals surface area contributed by atoms with Crippen LogP contribution in [0.4, 0.5) is 4.39 Å². The Labute approximate surface area is 118 Å². The zero-order valence-electron chi connectivity index (χ0n) is 11.3. The number of benzene rings is 1. The van der Waals surface area contributed by atoms with Gasteiger partial charge in [0.1, 0.15) is 24.3 Å². The molecular formula is C15H20FNO3. The smallest absolute Gasteiger partial charge is 0.123 e. The van der Waals surface area contributed by atoms with Gasteiger partial charge in [0.15, 0.2) is 0 Å². The Kier molecular flexibility index (Phi) is 5.98. The minimum absolute atomic E-state index is 0.175. The van der Waals surface area contributed by atoms with Gasteiger partial charge in [0.25, 0.3) is 0 Å². The molecule has 0 spiro atoms. The summed E-state index contributed by atoms with van der Waals surface area (Å²) in [4.78, 5) is 0. The maximum atomic E-state index is 12.7. The van der Waals surface area contributed by atoms with Crippen molar-refractivity contribution in [3.63, 3.8) is 0 Å². The normalized spacial score (nSPS) is 16.6. The van der Waals surface area contributed by atoms with Crippen LogP contribution in [0.3, 0.4) is 0 Å². The summed E-state index contributed by atoms with van der Waals surface area (Å²) < 4.78 is 23.4. The van der Waals surface area contributed by atoms with Crippen molar-refractivity contribution in [2.24, 2.45) is 0 Å². The van der Waals surface area contributed by atoms with E-state index in [0.29, 0.717) is 25.4 Å². The zero-order valence-corrected chi connectivity index (χ0v) is 11.3. The summed E-state index contributed by atoms with van der Waals surface area (Å²) in [5, 5.41) is 12.9. The number of aliphatic hydroxyl groups excluding tert-OH is 1. The van der Waals surface area contributed by atoms with Crippen molar-refractivity contribution in [3.8, 4) is 5.75 Å². The van der Waals surface area contributed by atoms with Gasteiger partial charge in [-0.25, -0.2) is 4.39 Å². The van der Waals surface area contributed by atoms with Gasteiger partial charge in [-0.1, -0.05) is 6.08 Å². The lowest BCUT2D eigenvalue weighted by Gasteiger charge is -2.16. The summed E-state index contributed by atoms with van der Waals surface area (Å²) in [5.41, 5.74) is 1.21. The lowest BCUT2D eigenvalue weighted by molar-refractivity contribution is 0.106. The molecule has 20 heavy (non-hydrogen) atoms. The molecule has 1 unspecified atom stereocenters. The summed E-state index contributed by atoms with van der Waals surface area (Å²) >= 11 is 0. The van der Waals surface area contributed by atoms with Crippen LogP contribution in [-0.2, 0) is 4.74 Å². The molecule has 0 fully saturated rings. The van der Waals surface area contributed by atoms with E-state index in [-0.39, 0.29) is 12.4 Å². The second kappa shape index (κ2) is 7.99. The highest BCUT2D eigenvalue weighted by Gasteiger charge is 2.07. The molecule has 0 saturated carbocycles. The molecule has 0 saturated heterocycles. The number of hydrogen-bond acceptors (Lipinski definition) is 4. The van der Waals surface area contributed by atoms with Gasteiger partial charge in [-0.3, -0.25) is 0 Å². The second-order valence-electron chi connectivity index (χ2n) is 4.75. The van der Waals surface area contributed by atoms with E-state index in [4.69, 9.17) is 9.47 Å². The van der Waals surface area contributed by atoms with E-state index in [1.165, 1.54) is 17.7 Å². The molecule has 5 heteroatoms. The number of rotatable bonds is 7. The first-order chi connectivity index (χ1) is 9.74. The Balaban J connectivity index is 1.61. The van der Waals surface area contributed by atoms with Crippen molar-refractivity contribution in [2.45, 2.75) is 12.5 Å². The highest BCUT2D eigenvalue weighted by Crippen LogP contribution is 2.11. The van der Waals surface area contributed by atoms with Gasteiger partial charge in [-0.2, -0.15) is 0 Å². The summed E-state index contributed by atoms with van der Waals surface area (Å²) in [6.07, 6.45) is 2.51. The van der Waals surface area contributed by atoms with Crippen LogP contribution in [-0.4, -0.2) is 44.1 Å². The van der Waals surface area contributed by atoms with Crippen LogP contribution < -0.4 is 10.1 Å². The molecule has 1 aromatic carbocycles. The van der Waals surface area contributed by atoms with E-state index < -0.39 is 6.10 Å². The standard InChI is InChI=1S/C15H20FNO3/c16-13-3-5-15(6-4-13)20-11-14(18)9-17-8-12-2-1-7-19-10-12/h2-6,14,17-18H,1,7-11H2. The molecule has 1 aliphatic heterocycles. The molecular weight excluding hydrogens is 261 g/mol. The fourth-order valence-electron chi connectivity index (χ4n) is 1.91. The molecule has 2 rings (SSSR count). The van der Waals surface area contributed by atoms with Crippen LogP contribution in [0.2, 0.25) is 0 Å². The quantitative estimate of drug-likeness (QED) is 0.744. The second-order valence-corrected chi connectivity index (χ2v) is 4.75. The summed E-state index contributed by atoms with van der Waals surface area (Å²) in [6, 6.07) is 5.74. The van der Waals surface area contributed by atoms with Crippen molar-refractivity contribution >= 4 is 0 Å². The highest BCUT2D eigenvalue weighted by atomic mass is 19.1. The zero-order chi connectivity index (χ0) is 14.2. The topological polar surface area (TPSA) is 50.7 Å². The van der Waals surface area contributed by atoms with E-state index in [2.05, 4.69) is 11.4 Å². The van der Waals surface area contributed by atoms with Crippen LogP contribution in [0.15, 0.2) is 35.9 Å². The third kappa shape index (κ3) is 5.28. The Morgan fingerprint density at radius 1 is 1.35 bits per heavy atom. The molecule has 0 bridgehead atoms. The first-order valence-electron chi connectivity index (χ1n) is 6.77. The summed E-state index contributed by atoms with van der Waals surface area (Å²) in [7, 11) is 0. The fourth-order valence-corrected chi connectivity index (χ4v) is 1.91.